The molecule has 0 aliphatic carbocycles. The van der Waals surface area contributed by atoms with Crippen LogP contribution in [0.15, 0.2) is 89.5 Å². The Balaban J connectivity index is 1.25. The van der Waals surface area contributed by atoms with Crippen molar-refractivity contribution in [3.05, 3.63) is 96.4 Å². The third-order valence-electron chi connectivity index (χ3n) is 9.22. The van der Waals surface area contributed by atoms with Gasteiger partial charge in [-0.3, -0.25) is 24.1 Å². The van der Waals surface area contributed by atoms with Gasteiger partial charge in [0.2, 0.25) is 29.4 Å². The summed E-state index contributed by atoms with van der Waals surface area (Å²) in [7, 11) is 0. The van der Waals surface area contributed by atoms with Gasteiger partial charge in [0.1, 0.15) is 36.2 Å². The number of benzene rings is 3. The Morgan fingerprint density at radius 3 is 2.17 bits per heavy atom. The van der Waals surface area contributed by atoms with Crippen LogP contribution in [-0.2, 0) is 32.1 Å². The summed E-state index contributed by atoms with van der Waals surface area (Å²) in [5, 5.41) is 24.9. The van der Waals surface area contributed by atoms with E-state index < -0.39 is 54.0 Å². The first kappa shape index (κ1) is 37.0. The van der Waals surface area contributed by atoms with E-state index in [9.17, 15) is 24.3 Å². The van der Waals surface area contributed by atoms with E-state index in [0.717, 1.165) is 11.1 Å². The smallest absolute Gasteiger partial charge is 0.264 e. The van der Waals surface area contributed by atoms with Crippen LogP contribution < -0.4 is 30.7 Å². The number of aliphatic hydroxyl groups is 1. The molecule has 2 bridgehead atoms. The number of piperidine rings is 1. The van der Waals surface area contributed by atoms with Crippen LogP contribution in [0, 0.1) is 0 Å². The van der Waals surface area contributed by atoms with Gasteiger partial charge in [-0.2, -0.15) is 4.98 Å². The predicted octanol–water partition coefficient (Wildman–Crippen LogP) is 1.37. The van der Waals surface area contributed by atoms with Crippen LogP contribution in [0.25, 0.3) is 11.4 Å². The molecule has 0 saturated carbocycles. The third-order valence-corrected chi connectivity index (χ3v) is 9.22. The number of aromatic nitrogens is 2. The molecular formula is C38H43N7O8. The summed E-state index contributed by atoms with van der Waals surface area (Å²) in [5.74, 6) is -0.566. The zero-order chi connectivity index (χ0) is 37.2. The van der Waals surface area contributed by atoms with Crippen LogP contribution in [0.1, 0.15) is 31.2 Å². The number of fused-ring (bicyclic) bond motifs is 15. The number of ether oxygens (including phenoxy) is 2. The van der Waals surface area contributed by atoms with E-state index >= 15 is 0 Å². The minimum absolute atomic E-state index is 0.0894. The van der Waals surface area contributed by atoms with Gasteiger partial charge in [0.15, 0.2) is 5.60 Å². The van der Waals surface area contributed by atoms with E-state index in [-0.39, 0.29) is 32.4 Å². The first-order valence-electron chi connectivity index (χ1n) is 17.6. The van der Waals surface area contributed by atoms with Crippen molar-refractivity contribution in [3.8, 4) is 22.9 Å². The summed E-state index contributed by atoms with van der Waals surface area (Å²) in [4.78, 5) is 60.7. The average Bonchev–Trinajstić information content (AvgIpc) is 3.65. The van der Waals surface area contributed by atoms with Gasteiger partial charge < -0.3 is 40.4 Å². The predicted molar refractivity (Wildman–Crippen MR) is 191 cm³/mol. The van der Waals surface area contributed by atoms with E-state index in [1.54, 1.807) is 24.3 Å². The second-order valence-corrected chi connectivity index (χ2v) is 13.1. The fourth-order valence-electron chi connectivity index (χ4n) is 6.18. The molecule has 4 heterocycles. The van der Waals surface area contributed by atoms with Gasteiger partial charge in [-0.25, -0.2) is 0 Å². The molecule has 15 nitrogen and oxygen atoms in total. The largest absolute Gasteiger partial charge is 0.492 e. The molecule has 5 N–H and O–H groups in total. The summed E-state index contributed by atoms with van der Waals surface area (Å²) >= 11 is 0. The van der Waals surface area contributed by atoms with Crippen molar-refractivity contribution >= 4 is 23.6 Å². The second-order valence-electron chi connectivity index (χ2n) is 13.1. The van der Waals surface area contributed by atoms with Gasteiger partial charge in [0, 0.05) is 37.9 Å². The van der Waals surface area contributed by atoms with Crippen molar-refractivity contribution in [2.45, 2.75) is 56.5 Å². The minimum Gasteiger partial charge on any atom is -0.492 e. The highest BCUT2D eigenvalue weighted by atomic mass is 16.5. The SMILES string of the molecule is C[C@@H]1NC(=O)[C@H](CO)NC(=O)[C@@H](Cc2ccccc2)NC(=O)C2(CCN(Cc3nc(-c4ccccc4)no3)CC2)Oc2ccc(cc2)OCCNC1=O. The van der Waals surface area contributed by atoms with Gasteiger partial charge in [-0.15, -0.1) is 0 Å². The summed E-state index contributed by atoms with van der Waals surface area (Å²) in [6.45, 7) is 2.30. The van der Waals surface area contributed by atoms with E-state index in [1.807, 2.05) is 60.7 Å². The molecule has 278 valence electrons. The fourth-order valence-corrected chi connectivity index (χ4v) is 6.18. The monoisotopic (exact) mass is 725 g/mol. The molecule has 3 aliphatic heterocycles. The number of likely N-dealkylation sites (tertiary alicyclic amines) is 1. The fraction of sp³-hybridized carbons (Fsp3) is 0.368. The van der Waals surface area contributed by atoms with Crippen molar-refractivity contribution < 1.29 is 38.3 Å². The lowest BCUT2D eigenvalue weighted by Crippen LogP contribution is -2.62. The number of carbonyl (C=O) groups is 4. The zero-order valence-electron chi connectivity index (χ0n) is 29.3. The van der Waals surface area contributed by atoms with Crippen LogP contribution in [0.4, 0.5) is 0 Å². The number of nitrogens with one attached hydrogen (secondary N) is 4. The van der Waals surface area contributed by atoms with Gasteiger partial charge >= 0.3 is 0 Å². The van der Waals surface area contributed by atoms with Gasteiger partial charge in [0.05, 0.1) is 19.7 Å². The van der Waals surface area contributed by atoms with Crippen LogP contribution in [0.3, 0.4) is 0 Å². The van der Waals surface area contributed by atoms with Gasteiger partial charge in [-0.05, 0) is 36.8 Å². The molecule has 1 spiro atoms. The maximum atomic E-state index is 14.5. The van der Waals surface area contributed by atoms with Crippen LogP contribution in [-0.4, -0.2) is 100 Å². The van der Waals surface area contributed by atoms with Crippen molar-refractivity contribution in [2.24, 2.45) is 0 Å². The Bertz CT molecular complexity index is 1850. The average molecular weight is 726 g/mol. The number of nitrogens with zero attached hydrogens (tertiary/aromatic N) is 3. The lowest BCUT2D eigenvalue weighted by molar-refractivity contribution is -0.144. The number of amides is 4. The van der Waals surface area contributed by atoms with Gasteiger partial charge in [-0.1, -0.05) is 65.8 Å². The number of hydrogen-bond donors (Lipinski definition) is 5. The normalized spacial score (nSPS) is 21.7. The molecule has 0 radical (unpaired) electrons. The first-order chi connectivity index (χ1) is 25.7. The molecule has 53 heavy (non-hydrogen) atoms. The minimum atomic E-state index is -1.39. The van der Waals surface area contributed by atoms with Crippen LogP contribution >= 0.6 is 0 Å². The molecule has 0 unspecified atom stereocenters. The number of carbonyl (C=O) groups excluding carboxylic acids is 4. The molecule has 3 atom stereocenters. The first-order valence-corrected chi connectivity index (χ1v) is 17.6. The highest BCUT2D eigenvalue weighted by Crippen LogP contribution is 2.31. The van der Waals surface area contributed by atoms with E-state index in [4.69, 9.17) is 14.0 Å². The second kappa shape index (κ2) is 17.1. The Morgan fingerprint density at radius 1 is 0.811 bits per heavy atom. The Kier molecular flexibility index (Phi) is 12.0. The summed E-state index contributed by atoms with van der Waals surface area (Å²) in [6.07, 6.45) is 0.609. The third kappa shape index (κ3) is 9.55. The summed E-state index contributed by atoms with van der Waals surface area (Å²) in [5.41, 5.74) is 0.214. The molecule has 3 aromatic carbocycles. The van der Waals surface area contributed by atoms with E-state index in [1.165, 1.54) is 6.92 Å². The summed E-state index contributed by atoms with van der Waals surface area (Å²) < 4.78 is 17.9. The maximum Gasteiger partial charge on any atom is 0.264 e. The number of rotatable bonds is 6. The lowest BCUT2D eigenvalue weighted by atomic mass is 9.89. The summed E-state index contributed by atoms with van der Waals surface area (Å²) in [6, 6.07) is 22.0. The van der Waals surface area contributed by atoms with Crippen molar-refractivity contribution in [1.82, 2.24) is 36.3 Å². The van der Waals surface area contributed by atoms with Gasteiger partial charge in [0.25, 0.3) is 5.91 Å². The molecule has 1 fully saturated rings. The van der Waals surface area contributed by atoms with E-state index in [0.29, 0.717) is 42.8 Å². The molecule has 1 saturated heterocycles. The number of hydrogen-bond acceptors (Lipinski definition) is 11. The zero-order valence-corrected chi connectivity index (χ0v) is 29.3. The quantitative estimate of drug-likeness (QED) is 0.180. The standard InChI is InChI=1S/C38H43N7O8/c1-25-34(47)39-18-21-51-28-12-14-29(15-13-28)52-38(16-19-45(20-17-38)23-32-43-33(44-53-32)27-10-6-3-7-11-27)37(50)42-30(22-26-8-4-2-5-9-26)35(48)41-31(24-46)36(49)40-25/h2-15,25,30-31,46H,16-24H2,1H3,(H,39,47)(H,40,49)(H,41,48)(H,42,50)/t25-,30+,31-/m0/s1. The van der Waals surface area contributed by atoms with Crippen LogP contribution in [0.2, 0.25) is 0 Å². The number of aliphatic hydroxyl groups excluding tert-OH is 1. The topological polar surface area (TPSA) is 197 Å². The van der Waals surface area contributed by atoms with Crippen molar-refractivity contribution in [1.29, 1.82) is 0 Å². The molecule has 3 aliphatic rings. The molecule has 7 rings (SSSR count). The highest BCUT2D eigenvalue weighted by Gasteiger charge is 2.45. The molecular weight excluding hydrogens is 682 g/mol. The van der Waals surface area contributed by atoms with Crippen LogP contribution in [0.5, 0.6) is 11.5 Å². The lowest BCUT2D eigenvalue weighted by Gasteiger charge is -2.41. The molecule has 4 aromatic rings. The Morgan fingerprint density at radius 2 is 1.47 bits per heavy atom. The van der Waals surface area contributed by atoms with Crippen molar-refractivity contribution in [3.63, 3.8) is 0 Å². The van der Waals surface area contributed by atoms with Crippen molar-refractivity contribution in [2.75, 3.05) is 32.8 Å². The highest BCUT2D eigenvalue weighted by molar-refractivity contribution is 5.95. The Labute approximate surface area is 306 Å². The van der Waals surface area contributed by atoms with E-state index in [2.05, 4.69) is 36.3 Å². The maximum absolute atomic E-state index is 14.5. The molecule has 1 aromatic heterocycles. The Hall–Kier alpha value is -5.80. The molecule has 4 amide bonds. The molecule has 15 heteroatoms.